The molecule has 0 saturated carbocycles. The molecule has 2 N–H and O–H groups in total. The molecule has 0 unspecified atom stereocenters. The van der Waals surface area contributed by atoms with Crippen molar-refractivity contribution in [1.29, 1.82) is 0 Å². The molecule has 0 aliphatic rings. The Hall–Kier alpha value is -0.860. The fourth-order valence-corrected chi connectivity index (χ4v) is 1.98. The van der Waals surface area contributed by atoms with Crippen LogP contribution in [0.2, 0.25) is 5.15 Å². The lowest BCUT2D eigenvalue weighted by Gasteiger charge is -2.07. The van der Waals surface area contributed by atoms with Gasteiger partial charge in [0.15, 0.2) is 0 Å². The van der Waals surface area contributed by atoms with Gasteiger partial charge in [-0.2, -0.15) is 4.39 Å². The highest BCUT2D eigenvalue weighted by Gasteiger charge is 2.25. The molecule has 0 saturated heterocycles. The van der Waals surface area contributed by atoms with Crippen LogP contribution in [0.3, 0.4) is 0 Å². The average molecular weight is 261 g/mol. The van der Waals surface area contributed by atoms with Crippen LogP contribution in [0.4, 0.5) is 13.2 Å². The Labute approximate surface area is 87.9 Å². The van der Waals surface area contributed by atoms with E-state index in [1.165, 1.54) is 0 Å². The molecule has 1 aromatic heterocycles. The quantitative estimate of drug-likeness (QED) is 0.818. The lowest BCUT2D eigenvalue weighted by atomic mass is 10.3. The number of nitrogens with zero attached hydrogens (tertiary/aromatic N) is 1. The van der Waals surface area contributed by atoms with Gasteiger partial charge in [-0.1, -0.05) is 11.6 Å². The van der Waals surface area contributed by atoms with Crippen LogP contribution < -0.4 is 5.14 Å². The Morgan fingerprint density at radius 3 is 2.40 bits per heavy atom. The van der Waals surface area contributed by atoms with Gasteiger partial charge in [-0.25, -0.2) is 27.3 Å². The van der Waals surface area contributed by atoms with E-state index in [0.29, 0.717) is 6.07 Å². The Balaban J connectivity index is 3.62. The minimum atomic E-state index is -4.47. The molecule has 0 atom stereocenters. The minimum Gasteiger partial charge on any atom is -0.225 e. The zero-order chi connectivity index (χ0) is 11.8. The Kier molecular flexibility index (Phi) is 3.22. The number of hydrogen-bond donors (Lipinski definition) is 1. The van der Waals surface area contributed by atoms with Crippen LogP contribution >= 0.6 is 11.6 Å². The smallest absolute Gasteiger partial charge is 0.225 e. The molecule has 0 aliphatic carbocycles. The van der Waals surface area contributed by atoms with Gasteiger partial charge in [0, 0.05) is 6.07 Å². The van der Waals surface area contributed by atoms with Gasteiger partial charge in [-0.15, -0.1) is 0 Å². The van der Waals surface area contributed by atoms with Gasteiger partial charge < -0.3 is 0 Å². The van der Waals surface area contributed by atoms with Crippen molar-refractivity contribution in [2.45, 2.75) is 11.3 Å². The van der Waals surface area contributed by atoms with Gasteiger partial charge in [-0.3, -0.25) is 0 Å². The molecule has 1 aromatic rings. The largest absolute Gasteiger partial charge is 0.268 e. The van der Waals surface area contributed by atoms with Gasteiger partial charge in [0.2, 0.25) is 16.0 Å². The van der Waals surface area contributed by atoms with E-state index in [2.05, 4.69) is 10.1 Å². The third-order valence-corrected chi connectivity index (χ3v) is 2.71. The summed E-state index contributed by atoms with van der Waals surface area (Å²) in [5, 5.41) is 3.70. The van der Waals surface area contributed by atoms with E-state index in [9.17, 15) is 21.6 Å². The highest BCUT2D eigenvalue weighted by Crippen LogP contribution is 2.31. The Morgan fingerprint density at radius 2 is 2.00 bits per heavy atom. The summed E-state index contributed by atoms with van der Waals surface area (Å²) in [5.41, 5.74) is -1.10. The molecular weight excluding hydrogens is 257 g/mol. The van der Waals surface area contributed by atoms with E-state index in [1.54, 1.807) is 0 Å². The molecule has 0 amide bonds. The van der Waals surface area contributed by atoms with Crippen molar-refractivity contribution in [3.63, 3.8) is 0 Å². The second-order valence-corrected chi connectivity index (χ2v) is 4.38. The highest BCUT2D eigenvalue weighted by atomic mass is 35.5. The molecule has 0 spiro atoms. The lowest BCUT2D eigenvalue weighted by molar-refractivity contribution is 0.147. The average Bonchev–Trinajstić information content (AvgIpc) is 1.99. The summed E-state index contributed by atoms with van der Waals surface area (Å²) in [7, 11) is -4.47. The van der Waals surface area contributed by atoms with Crippen LogP contribution in [-0.4, -0.2) is 13.4 Å². The molecule has 9 heteroatoms. The third-order valence-electron chi connectivity index (χ3n) is 1.47. The van der Waals surface area contributed by atoms with Crippen molar-refractivity contribution in [3.05, 3.63) is 22.7 Å². The number of hydrogen-bond acceptors (Lipinski definition) is 3. The summed E-state index contributed by atoms with van der Waals surface area (Å²) in [6, 6.07) is 0.294. The zero-order valence-electron chi connectivity index (χ0n) is 6.92. The summed E-state index contributed by atoms with van der Waals surface area (Å²) in [5.74, 6) is -1.30. The van der Waals surface area contributed by atoms with Crippen molar-refractivity contribution in [1.82, 2.24) is 4.98 Å². The van der Waals surface area contributed by atoms with E-state index in [4.69, 9.17) is 11.6 Å². The molecule has 1 heterocycles. The molecule has 1 rings (SSSR count). The molecule has 4 nitrogen and oxygen atoms in total. The molecular formula is C6H4ClF3N2O2S. The second-order valence-electron chi connectivity index (χ2n) is 2.49. The Bertz CT molecular complexity index is 491. The topological polar surface area (TPSA) is 73.1 Å². The fraction of sp³-hybridized carbons (Fsp3) is 0.167. The minimum absolute atomic E-state index is 0.294. The van der Waals surface area contributed by atoms with E-state index in [1.807, 2.05) is 0 Å². The van der Waals surface area contributed by atoms with Gasteiger partial charge in [0.25, 0.3) is 6.43 Å². The molecule has 84 valence electrons. The first kappa shape index (κ1) is 12.2. The van der Waals surface area contributed by atoms with Gasteiger partial charge in [0.05, 0.1) is 10.5 Å². The van der Waals surface area contributed by atoms with Gasteiger partial charge in [0.1, 0.15) is 5.15 Å². The second kappa shape index (κ2) is 3.95. The number of pyridine rings is 1. The van der Waals surface area contributed by atoms with Crippen molar-refractivity contribution >= 4 is 21.6 Å². The summed E-state index contributed by atoms with van der Waals surface area (Å²) in [6.45, 7) is 0. The molecule has 0 aromatic carbocycles. The number of nitrogens with two attached hydrogens (primary N) is 1. The molecule has 15 heavy (non-hydrogen) atoms. The Morgan fingerprint density at radius 1 is 1.47 bits per heavy atom. The van der Waals surface area contributed by atoms with Crippen LogP contribution in [0.1, 0.15) is 12.0 Å². The van der Waals surface area contributed by atoms with Crippen molar-refractivity contribution in [2.24, 2.45) is 5.14 Å². The van der Waals surface area contributed by atoms with Crippen LogP contribution in [0.5, 0.6) is 0 Å². The first-order chi connectivity index (χ1) is 6.73. The van der Waals surface area contributed by atoms with Gasteiger partial charge >= 0.3 is 0 Å². The van der Waals surface area contributed by atoms with E-state index in [0.717, 1.165) is 0 Å². The number of sulfonamides is 1. The number of rotatable bonds is 2. The van der Waals surface area contributed by atoms with Gasteiger partial charge in [-0.05, 0) is 0 Å². The molecule has 0 aliphatic heterocycles. The summed E-state index contributed by atoms with van der Waals surface area (Å²) >= 11 is 5.18. The first-order valence-electron chi connectivity index (χ1n) is 3.40. The first-order valence-corrected chi connectivity index (χ1v) is 5.33. The van der Waals surface area contributed by atoms with E-state index >= 15 is 0 Å². The highest BCUT2D eigenvalue weighted by molar-refractivity contribution is 7.89. The molecule has 0 fully saturated rings. The number of halogens is 4. The van der Waals surface area contributed by atoms with Crippen molar-refractivity contribution < 1.29 is 21.6 Å². The standard InChI is InChI=1S/C6H4ClF3N2O2S/c7-5-4(6(9)10)2(15(11,13)14)1-3(8)12-5/h1,6H,(H2,11,13,14). The number of alkyl halides is 2. The van der Waals surface area contributed by atoms with Crippen LogP contribution in [0.15, 0.2) is 11.0 Å². The van der Waals surface area contributed by atoms with Crippen LogP contribution in [-0.2, 0) is 10.0 Å². The van der Waals surface area contributed by atoms with Crippen molar-refractivity contribution in [2.75, 3.05) is 0 Å². The predicted molar refractivity (Wildman–Crippen MR) is 45.5 cm³/mol. The van der Waals surface area contributed by atoms with Crippen LogP contribution in [0, 0.1) is 5.95 Å². The summed E-state index contributed by atoms with van der Waals surface area (Å²) in [6.07, 6.45) is -3.21. The third kappa shape index (κ3) is 2.58. The maximum atomic E-state index is 12.6. The fourth-order valence-electron chi connectivity index (χ4n) is 0.907. The van der Waals surface area contributed by atoms with Crippen molar-refractivity contribution in [3.8, 4) is 0 Å². The van der Waals surface area contributed by atoms with Crippen LogP contribution in [0.25, 0.3) is 0 Å². The SMILES string of the molecule is NS(=O)(=O)c1cc(F)nc(Cl)c1C(F)F. The van der Waals surface area contributed by atoms with E-state index < -0.39 is 38.0 Å². The predicted octanol–water partition coefficient (Wildman–Crippen LogP) is 1.46. The van der Waals surface area contributed by atoms with E-state index in [-0.39, 0.29) is 0 Å². The monoisotopic (exact) mass is 260 g/mol. The normalized spacial score (nSPS) is 12.1. The maximum absolute atomic E-state index is 12.6. The summed E-state index contributed by atoms with van der Waals surface area (Å²) in [4.78, 5) is 1.81. The summed E-state index contributed by atoms with van der Waals surface area (Å²) < 4.78 is 59.1. The number of aromatic nitrogens is 1. The molecule has 0 bridgehead atoms. The number of primary sulfonamides is 1. The lowest BCUT2D eigenvalue weighted by Crippen LogP contribution is -2.16. The molecule has 0 radical (unpaired) electrons. The zero-order valence-corrected chi connectivity index (χ0v) is 8.49. The maximum Gasteiger partial charge on any atom is 0.268 e.